The fourth-order valence-electron chi connectivity index (χ4n) is 1.77. The summed E-state index contributed by atoms with van der Waals surface area (Å²) in [5.41, 5.74) is -0.134. The molecule has 16 heavy (non-hydrogen) atoms. The van der Waals surface area contributed by atoms with Gasteiger partial charge in [0, 0.05) is 13.1 Å². The standard InChI is InChI=1S/C12H18BrNO2/c1-12(2)9-15-10(8-16-12)7-14-6-4-3-5-11(14)13/h3-5,10H,6-9H2,1-2H3. The van der Waals surface area contributed by atoms with Gasteiger partial charge in [-0.3, -0.25) is 0 Å². The van der Waals surface area contributed by atoms with E-state index in [1.807, 2.05) is 0 Å². The first kappa shape index (κ1) is 12.1. The van der Waals surface area contributed by atoms with E-state index in [4.69, 9.17) is 9.47 Å². The average molecular weight is 288 g/mol. The summed E-state index contributed by atoms with van der Waals surface area (Å²) in [5.74, 6) is 0. The van der Waals surface area contributed by atoms with Crippen molar-refractivity contribution < 1.29 is 9.47 Å². The Bertz CT molecular complexity index is 302. The van der Waals surface area contributed by atoms with Gasteiger partial charge in [-0.1, -0.05) is 12.2 Å². The van der Waals surface area contributed by atoms with Crippen molar-refractivity contribution in [1.29, 1.82) is 0 Å². The van der Waals surface area contributed by atoms with Crippen molar-refractivity contribution in [3.63, 3.8) is 0 Å². The zero-order chi connectivity index (χ0) is 11.6. The molecule has 1 unspecified atom stereocenters. The van der Waals surface area contributed by atoms with Gasteiger partial charge in [-0.2, -0.15) is 0 Å². The topological polar surface area (TPSA) is 21.7 Å². The number of rotatable bonds is 2. The lowest BCUT2D eigenvalue weighted by atomic mass is 10.1. The number of halogens is 1. The van der Waals surface area contributed by atoms with Crippen molar-refractivity contribution in [2.45, 2.75) is 25.6 Å². The Morgan fingerprint density at radius 2 is 2.38 bits per heavy atom. The summed E-state index contributed by atoms with van der Waals surface area (Å²) in [6.07, 6.45) is 6.41. The minimum atomic E-state index is -0.134. The van der Waals surface area contributed by atoms with E-state index in [2.05, 4.69) is 52.9 Å². The van der Waals surface area contributed by atoms with E-state index < -0.39 is 0 Å². The number of hydrogen-bond donors (Lipinski definition) is 0. The largest absolute Gasteiger partial charge is 0.371 e. The predicted octanol–water partition coefficient (Wildman–Crippen LogP) is 2.29. The van der Waals surface area contributed by atoms with Crippen molar-refractivity contribution in [3.8, 4) is 0 Å². The fourth-order valence-corrected chi connectivity index (χ4v) is 2.21. The third kappa shape index (κ3) is 3.09. The lowest BCUT2D eigenvalue weighted by Crippen LogP contribution is -2.46. The van der Waals surface area contributed by atoms with Crippen LogP contribution in [-0.2, 0) is 9.47 Å². The van der Waals surface area contributed by atoms with Gasteiger partial charge in [0.15, 0.2) is 0 Å². The predicted molar refractivity (Wildman–Crippen MR) is 67.5 cm³/mol. The Hall–Kier alpha value is -0.320. The van der Waals surface area contributed by atoms with Crippen LogP contribution in [0.4, 0.5) is 0 Å². The van der Waals surface area contributed by atoms with Gasteiger partial charge < -0.3 is 14.4 Å². The van der Waals surface area contributed by atoms with Gasteiger partial charge >= 0.3 is 0 Å². The van der Waals surface area contributed by atoms with Crippen LogP contribution in [0.3, 0.4) is 0 Å². The molecule has 1 atom stereocenters. The van der Waals surface area contributed by atoms with Gasteiger partial charge in [-0.05, 0) is 35.9 Å². The lowest BCUT2D eigenvalue weighted by Gasteiger charge is -2.37. The molecule has 0 aromatic rings. The first-order valence-electron chi connectivity index (χ1n) is 5.60. The molecular formula is C12H18BrNO2. The van der Waals surface area contributed by atoms with Crippen molar-refractivity contribution in [3.05, 3.63) is 22.8 Å². The van der Waals surface area contributed by atoms with Gasteiger partial charge in [0.05, 0.1) is 29.5 Å². The highest BCUT2D eigenvalue weighted by Gasteiger charge is 2.29. The molecule has 2 rings (SSSR count). The van der Waals surface area contributed by atoms with E-state index in [0.29, 0.717) is 13.2 Å². The molecule has 2 aliphatic heterocycles. The maximum Gasteiger partial charge on any atom is 0.0984 e. The molecule has 90 valence electrons. The van der Waals surface area contributed by atoms with Crippen molar-refractivity contribution >= 4 is 15.9 Å². The summed E-state index contributed by atoms with van der Waals surface area (Å²) in [7, 11) is 0. The van der Waals surface area contributed by atoms with Crippen LogP contribution >= 0.6 is 15.9 Å². The normalized spacial score (nSPS) is 29.1. The molecule has 3 nitrogen and oxygen atoms in total. The van der Waals surface area contributed by atoms with Crippen LogP contribution in [0.25, 0.3) is 0 Å². The molecule has 0 radical (unpaired) electrons. The molecule has 1 fully saturated rings. The molecule has 0 spiro atoms. The number of allylic oxidation sites excluding steroid dienone is 2. The minimum Gasteiger partial charge on any atom is -0.371 e. The van der Waals surface area contributed by atoms with Crippen LogP contribution in [0.1, 0.15) is 13.8 Å². The van der Waals surface area contributed by atoms with Crippen LogP contribution in [-0.4, -0.2) is 42.9 Å². The molecule has 0 aromatic carbocycles. The molecular weight excluding hydrogens is 270 g/mol. The number of nitrogens with zero attached hydrogens (tertiary/aromatic N) is 1. The Morgan fingerprint density at radius 3 is 3.00 bits per heavy atom. The second kappa shape index (κ2) is 4.90. The van der Waals surface area contributed by atoms with Crippen molar-refractivity contribution in [2.24, 2.45) is 0 Å². The second-order valence-corrected chi connectivity index (χ2v) is 5.64. The maximum absolute atomic E-state index is 5.81. The van der Waals surface area contributed by atoms with Crippen molar-refractivity contribution in [2.75, 3.05) is 26.3 Å². The smallest absolute Gasteiger partial charge is 0.0984 e. The van der Waals surface area contributed by atoms with E-state index in [0.717, 1.165) is 17.7 Å². The summed E-state index contributed by atoms with van der Waals surface area (Å²) >= 11 is 3.54. The van der Waals surface area contributed by atoms with Gasteiger partial charge in [0.2, 0.25) is 0 Å². The average Bonchev–Trinajstić information content (AvgIpc) is 2.24. The van der Waals surface area contributed by atoms with Crippen LogP contribution in [0, 0.1) is 0 Å². The molecule has 0 aromatic heterocycles. The lowest BCUT2D eigenvalue weighted by molar-refractivity contribution is -0.177. The van der Waals surface area contributed by atoms with Gasteiger partial charge in [0.25, 0.3) is 0 Å². The molecule has 0 N–H and O–H groups in total. The SMILES string of the molecule is CC1(C)COC(CN2CC=CC=C2Br)CO1. The van der Waals surface area contributed by atoms with E-state index >= 15 is 0 Å². The number of ether oxygens (including phenoxy) is 2. The summed E-state index contributed by atoms with van der Waals surface area (Å²) in [4.78, 5) is 2.24. The number of hydrogen-bond acceptors (Lipinski definition) is 3. The summed E-state index contributed by atoms with van der Waals surface area (Å²) in [6.45, 7) is 7.26. The fraction of sp³-hybridized carbons (Fsp3) is 0.667. The molecule has 0 bridgehead atoms. The first-order chi connectivity index (χ1) is 7.57. The third-order valence-corrected chi connectivity index (χ3v) is 3.51. The highest BCUT2D eigenvalue weighted by Crippen LogP contribution is 2.21. The highest BCUT2D eigenvalue weighted by molar-refractivity contribution is 9.11. The quantitative estimate of drug-likeness (QED) is 0.728. The first-order valence-corrected chi connectivity index (χ1v) is 6.39. The van der Waals surface area contributed by atoms with E-state index in [-0.39, 0.29) is 11.7 Å². The van der Waals surface area contributed by atoms with Crippen LogP contribution in [0.5, 0.6) is 0 Å². The van der Waals surface area contributed by atoms with Crippen LogP contribution in [0.15, 0.2) is 22.8 Å². The van der Waals surface area contributed by atoms with Crippen LogP contribution < -0.4 is 0 Å². The van der Waals surface area contributed by atoms with Crippen molar-refractivity contribution in [1.82, 2.24) is 4.90 Å². The molecule has 4 heteroatoms. The Labute approximate surface area is 105 Å². The van der Waals surface area contributed by atoms with Gasteiger partial charge in [-0.25, -0.2) is 0 Å². The monoisotopic (exact) mass is 287 g/mol. The minimum absolute atomic E-state index is 0.134. The van der Waals surface area contributed by atoms with E-state index in [1.54, 1.807) is 0 Å². The molecule has 0 aliphatic carbocycles. The zero-order valence-corrected chi connectivity index (χ0v) is 11.4. The Morgan fingerprint density at radius 1 is 1.56 bits per heavy atom. The summed E-state index contributed by atoms with van der Waals surface area (Å²) < 4.78 is 12.7. The zero-order valence-electron chi connectivity index (χ0n) is 9.78. The maximum atomic E-state index is 5.81. The molecule has 2 aliphatic rings. The molecule has 1 saturated heterocycles. The molecule has 0 saturated carbocycles. The second-order valence-electron chi connectivity index (χ2n) is 4.83. The van der Waals surface area contributed by atoms with Crippen LogP contribution in [0.2, 0.25) is 0 Å². The summed E-state index contributed by atoms with van der Waals surface area (Å²) in [5, 5.41) is 0. The van der Waals surface area contributed by atoms with E-state index in [1.165, 1.54) is 0 Å². The summed E-state index contributed by atoms with van der Waals surface area (Å²) in [6, 6.07) is 0. The van der Waals surface area contributed by atoms with E-state index in [9.17, 15) is 0 Å². The molecule has 0 amide bonds. The van der Waals surface area contributed by atoms with Gasteiger partial charge in [-0.15, -0.1) is 0 Å². The molecule has 2 heterocycles. The highest BCUT2D eigenvalue weighted by atomic mass is 79.9. The Balaban J connectivity index is 1.83. The van der Waals surface area contributed by atoms with Gasteiger partial charge in [0.1, 0.15) is 0 Å². The Kier molecular flexibility index (Phi) is 3.72. The third-order valence-electron chi connectivity index (χ3n) is 2.75.